The molecular formula is C26H29N3O2. The van der Waals surface area contributed by atoms with Crippen molar-refractivity contribution in [3.63, 3.8) is 0 Å². The van der Waals surface area contributed by atoms with Gasteiger partial charge in [-0.2, -0.15) is 0 Å². The molecule has 0 heterocycles. The molecule has 3 aromatic carbocycles. The van der Waals surface area contributed by atoms with Crippen LogP contribution in [0.25, 0.3) is 11.1 Å². The number of hydrogen-bond donors (Lipinski definition) is 2. The largest absolute Gasteiger partial charge is 0.348 e. The molecular weight excluding hydrogens is 386 g/mol. The zero-order valence-corrected chi connectivity index (χ0v) is 18.5. The van der Waals surface area contributed by atoms with Gasteiger partial charge in [0.15, 0.2) is 0 Å². The minimum atomic E-state index is -0.178. The first kappa shape index (κ1) is 22.2. The van der Waals surface area contributed by atoms with Crippen molar-refractivity contribution in [3.8, 4) is 11.1 Å². The summed E-state index contributed by atoms with van der Waals surface area (Å²) in [5.41, 5.74) is 6.60. The minimum Gasteiger partial charge on any atom is -0.348 e. The Bertz CT molecular complexity index is 1070. The van der Waals surface area contributed by atoms with E-state index in [4.69, 9.17) is 0 Å². The van der Waals surface area contributed by atoms with Gasteiger partial charge in [0.2, 0.25) is 5.91 Å². The summed E-state index contributed by atoms with van der Waals surface area (Å²) in [4.78, 5) is 26.3. The van der Waals surface area contributed by atoms with Crippen LogP contribution in [0.3, 0.4) is 0 Å². The Labute approximate surface area is 184 Å². The maximum Gasteiger partial charge on any atom is 0.251 e. The molecule has 160 valence electrons. The maximum absolute atomic E-state index is 12.7. The number of nitrogens with one attached hydrogen (secondary N) is 2. The second-order valence-corrected chi connectivity index (χ2v) is 7.99. The number of carbonyl (C=O) groups excluding carboxylic acids is 2. The SMILES string of the molecule is CC(=O)Nc1cc(C(=O)NCc2ccccc2-c2ccc(CN(C)C)cc2)ccc1C. The van der Waals surface area contributed by atoms with E-state index in [1.807, 2.05) is 31.2 Å². The van der Waals surface area contributed by atoms with Gasteiger partial charge < -0.3 is 15.5 Å². The molecule has 2 N–H and O–H groups in total. The van der Waals surface area contributed by atoms with Gasteiger partial charge in [-0.3, -0.25) is 9.59 Å². The lowest BCUT2D eigenvalue weighted by atomic mass is 9.98. The molecule has 0 bridgehead atoms. The van der Waals surface area contributed by atoms with Crippen LogP contribution >= 0.6 is 0 Å². The Morgan fingerprint density at radius 2 is 1.65 bits per heavy atom. The van der Waals surface area contributed by atoms with Crippen LogP contribution in [0.1, 0.15) is 34.0 Å². The molecule has 0 saturated heterocycles. The third-order valence-corrected chi connectivity index (χ3v) is 5.03. The normalized spacial score (nSPS) is 10.7. The van der Waals surface area contributed by atoms with Crippen LogP contribution in [0.15, 0.2) is 66.7 Å². The highest BCUT2D eigenvalue weighted by Crippen LogP contribution is 2.24. The van der Waals surface area contributed by atoms with Crippen LogP contribution in [-0.2, 0) is 17.9 Å². The van der Waals surface area contributed by atoms with E-state index in [-0.39, 0.29) is 11.8 Å². The molecule has 0 aliphatic heterocycles. The van der Waals surface area contributed by atoms with Gasteiger partial charge in [-0.15, -0.1) is 0 Å². The first-order chi connectivity index (χ1) is 14.8. The molecule has 3 rings (SSSR count). The third-order valence-electron chi connectivity index (χ3n) is 5.03. The molecule has 3 aromatic rings. The van der Waals surface area contributed by atoms with E-state index in [1.165, 1.54) is 12.5 Å². The van der Waals surface area contributed by atoms with Gasteiger partial charge in [0.25, 0.3) is 5.91 Å². The predicted molar refractivity (Wildman–Crippen MR) is 126 cm³/mol. The first-order valence-corrected chi connectivity index (χ1v) is 10.3. The van der Waals surface area contributed by atoms with E-state index in [0.717, 1.165) is 28.8 Å². The topological polar surface area (TPSA) is 61.4 Å². The fourth-order valence-corrected chi connectivity index (χ4v) is 3.48. The molecule has 0 atom stereocenters. The average Bonchev–Trinajstić information content (AvgIpc) is 2.73. The summed E-state index contributed by atoms with van der Waals surface area (Å²) in [6.07, 6.45) is 0. The minimum absolute atomic E-state index is 0.161. The smallest absolute Gasteiger partial charge is 0.251 e. The van der Waals surface area contributed by atoms with Crippen LogP contribution in [-0.4, -0.2) is 30.8 Å². The Balaban J connectivity index is 1.74. The second kappa shape index (κ2) is 10.0. The second-order valence-electron chi connectivity index (χ2n) is 7.99. The Hall–Kier alpha value is -3.44. The molecule has 0 aliphatic rings. The lowest BCUT2D eigenvalue weighted by Crippen LogP contribution is -2.23. The van der Waals surface area contributed by atoms with Gasteiger partial charge in [-0.05, 0) is 61.0 Å². The molecule has 0 aromatic heterocycles. The standard InChI is InChI=1S/C26H29N3O2/c1-18-9-12-22(15-25(18)28-19(2)30)26(31)27-16-23-7-5-6-8-24(23)21-13-10-20(11-14-21)17-29(3)4/h5-15H,16-17H2,1-4H3,(H,27,31)(H,28,30). The van der Waals surface area contributed by atoms with Crippen molar-refractivity contribution in [2.75, 3.05) is 19.4 Å². The van der Waals surface area contributed by atoms with Crippen molar-refractivity contribution >= 4 is 17.5 Å². The van der Waals surface area contributed by atoms with Gasteiger partial charge in [0, 0.05) is 31.3 Å². The van der Waals surface area contributed by atoms with Crippen molar-refractivity contribution in [1.82, 2.24) is 10.2 Å². The van der Waals surface area contributed by atoms with Crippen LogP contribution < -0.4 is 10.6 Å². The van der Waals surface area contributed by atoms with Crippen LogP contribution in [0.4, 0.5) is 5.69 Å². The van der Waals surface area contributed by atoms with E-state index in [1.54, 1.807) is 12.1 Å². The summed E-state index contributed by atoms with van der Waals surface area (Å²) in [7, 11) is 4.11. The van der Waals surface area contributed by atoms with Crippen LogP contribution in [0.2, 0.25) is 0 Å². The van der Waals surface area contributed by atoms with Crippen molar-refractivity contribution in [2.24, 2.45) is 0 Å². The molecule has 0 spiro atoms. The van der Waals surface area contributed by atoms with E-state index >= 15 is 0 Å². The molecule has 0 saturated carbocycles. The fourth-order valence-electron chi connectivity index (χ4n) is 3.48. The summed E-state index contributed by atoms with van der Waals surface area (Å²) >= 11 is 0. The van der Waals surface area contributed by atoms with Crippen LogP contribution in [0, 0.1) is 6.92 Å². The molecule has 5 heteroatoms. The number of benzene rings is 3. The molecule has 0 radical (unpaired) electrons. The quantitative estimate of drug-likeness (QED) is 0.592. The van der Waals surface area contributed by atoms with Gasteiger partial charge in [-0.1, -0.05) is 54.6 Å². The van der Waals surface area contributed by atoms with Crippen molar-refractivity contribution < 1.29 is 9.59 Å². The molecule has 0 aliphatic carbocycles. The first-order valence-electron chi connectivity index (χ1n) is 10.3. The number of amides is 2. The summed E-state index contributed by atoms with van der Waals surface area (Å²) in [6, 6.07) is 21.9. The number of nitrogens with zero attached hydrogens (tertiary/aromatic N) is 1. The lowest BCUT2D eigenvalue weighted by Gasteiger charge is -2.14. The zero-order chi connectivity index (χ0) is 22.4. The van der Waals surface area contributed by atoms with Crippen LogP contribution in [0.5, 0.6) is 0 Å². The summed E-state index contributed by atoms with van der Waals surface area (Å²) in [5.74, 6) is -0.339. The highest BCUT2D eigenvalue weighted by atomic mass is 16.2. The monoisotopic (exact) mass is 415 g/mol. The van der Waals surface area contributed by atoms with E-state index < -0.39 is 0 Å². The number of anilines is 1. The summed E-state index contributed by atoms with van der Waals surface area (Å²) in [6.45, 7) is 4.66. The van der Waals surface area contributed by atoms with E-state index in [2.05, 4.69) is 60.0 Å². The van der Waals surface area contributed by atoms with Crippen molar-refractivity contribution in [1.29, 1.82) is 0 Å². The molecule has 2 amide bonds. The molecule has 0 fully saturated rings. The fraction of sp³-hybridized carbons (Fsp3) is 0.231. The lowest BCUT2D eigenvalue weighted by molar-refractivity contribution is -0.114. The zero-order valence-electron chi connectivity index (χ0n) is 18.5. The van der Waals surface area contributed by atoms with Crippen molar-refractivity contribution in [3.05, 3.63) is 89.0 Å². The van der Waals surface area contributed by atoms with E-state index in [9.17, 15) is 9.59 Å². The van der Waals surface area contributed by atoms with E-state index in [0.29, 0.717) is 17.8 Å². The third kappa shape index (κ3) is 6.03. The predicted octanol–water partition coefficient (Wildman–Crippen LogP) is 4.61. The molecule has 0 unspecified atom stereocenters. The van der Waals surface area contributed by atoms with Gasteiger partial charge in [0.1, 0.15) is 0 Å². The summed E-state index contributed by atoms with van der Waals surface area (Å²) in [5, 5.41) is 5.77. The Morgan fingerprint density at radius 3 is 2.32 bits per heavy atom. The highest BCUT2D eigenvalue weighted by molar-refractivity contribution is 5.97. The van der Waals surface area contributed by atoms with Crippen molar-refractivity contribution in [2.45, 2.75) is 26.9 Å². The molecule has 31 heavy (non-hydrogen) atoms. The molecule has 5 nitrogen and oxygen atoms in total. The average molecular weight is 416 g/mol. The summed E-state index contributed by atoms with van der Waals surface area (Å²) < 4.78 is 0. The number of rotatable bonds is 7. The van der Waals surface area contributed by atoms with Gasteiger partial charge in [-0.25, -0.2) is 0 Å². The maximum atomic E-state index is 12.7. The van der Waals surface area contributed by atoms with Gasteiger partial charge in [0.05, 0.1) is 0 Å². The number of carbonyl (C=O) groups is 2. The Morgan fingerprint density at radius 1 is 0.935 bits per heavy atom. The Kier molecular flexibility index (Phi) is 7.21. The number of aryl methyl sites for hydroxylation is 1. The van der Waals surface area contributed by atoms with Gasteiger partial charge >= 0.3 is 0 Å². The number of hydrogen-bond acceptors (Lipinski definition) is 3. The highest BCUT2D eigenvalue weighted by Gasteiger charge is 2.11.